The molecule has 5 rings (SSSR count). The quantitative estimate of drug-likeness (QED) is 0.633. The molecule has 1 aromatic carbocycles. The highest BCUT2D eigenvalue weighted by molar-refractivity contribution is 6.05. The van der Waals surface area contributed by atoms with E-state index in [1.54, 1.807) is 23.0 Å². The van der Waals surface area contributed by atoms with Gasteiger partial charge in [0, 0.05) is 29.9 Å². The van der Waals surface area contributed by atoms with Crippen molar-refractivity contribution < 1.29 is 14.4 Å². The maximum atomic E-state index is 12.8. The lowest BCUT2D eigenvalue weighted by Crippen LogP contribution is -2.52. The number of hydrogen-bond donors (Lipinski definition) is 1. The van der Waals surface area contributed by atoms with Crippen LogP contribution in [0.5, 0.6) is 0 Å². The third-order valence-electron chi connectivity index (χ3n) is 5.48. The number of imide groups is 1. The summed E-state index contributed by atoms with van der Waals surface area (Å²) < 4.78 is 1.61. The number of aryl methyl sites for hydroxylation is 2. The van der Waals surface area contributed by atoms with Gasteiger partial charge < -0.3 is 4.90 Å². The van der Waals surface area contributed by atoms with E-state index in [2.05, 4.69) is 25.6 Å². The van der Waals surface area contributed by atoms with Gasteiger partial charge in [-0.3, -0.25) is 19.7 Å². The topological polar surface area (TPSA) is 123 Å². The zero-order chi connectivity index (χ0) is 21.7. The third-order valence-corrected chi connectivity index (χ3v) is 5.48. The first-order valence-corrected chi connectivity index (χ1v) is 9.92. The molecule has 3 aromatic rings. The average Bonchev–Trinajstić information content (AvgIpc) is 3.33. The van der Waals surface area contributed by atoms with Gasteiger partial charge in [0.25, 0.3) is 5.91 Å². The molecule has 2 aliphatic rings. The Bertz CT molecular complexity index is 1230. The molecule has 1 atom stereocenters. The second kappa shape index (κ2) is 7.08. The highest BCUT2D eigenvalue weighted by atomic mass is 16.2. The second-order valence-electron chi connectivity index (χ2n) is 7.76. The molecule has 0 radical (unpaired) electrons. The number of aromatic nitrogens is 5. The molecule has 156 valence electrons. The molecule has 0 bridgehead atoms. The lowest BCUT2D eigenvalue weighted by Gasteiger charge is -2.29. The van der Waals surface area contributed by atoms with Crippen molar-refractivity contribution in [1.82, 2.24) is 35.2 Å². The molecule has 0 aliphatic carbocycles. The molecule has 1 saturated heterocycles. The first kappa shape index (κ1) is 19.0. The summed E-state index contributed by atoms with van der Waals surface area (Å²) >= 11 is 0. The first-order chi connectivity index (χ1) is 14.9. The van der Waals surface area contributed by atoms with E-state index in [4.69, 9.17) is 0 Å². The van der Waals surface area contributed by atoms with Crippen LogP contribution in [-0.2, 0) is 16.1 Å². The van der Waals surface area contributed by atoms with Crippen LogP contribution in [0.2, 0.25) is 0 Å². The molecule has 4 heterocycles. The third kappa shape index (κ3) is 3.35. The first-order valence-electron chi connectivity index (χ1n) is 9.92. The summed E-state index contributed by atoms with van der Waals surface area (Å²) in [6.45, 7) is 4.10. The molecule has 2 aromatic heterocycles. The number of hydrogen-bond acceptors (Lipinski definition) is 7. The Morgan fingerprint density at radius 2 is 1.84 bits per heavy atom. The molecule has 0 spiro atoms. The van der Waals surface area contributed by atoms with Crippen molar-refractivity contribution in [2.45, 2.75) is 39.3 Å². The van der Waals surface area contributed by atoms with E-state index in [0.717, 1.165) is 22.6 Å². The minimum absolute atomic E-state index is 0.209. The molecule has 10 heteroatoms. The van der Waals surface area contributed by atoms with Crippen molar-refractivity contribution in [2.24, 2.45) is 0 Å². The molecule has 1 unspecified atom stereocenters. The molecular weight excluding hydrogens is 398 g/mol. The lowest BCUT2D eigenvalue weighted by molar-refractivity contribution is -0.136. The standard InChI is InChI=1S/C21H19N7O3/c1-11-7-12(2)23-19(22-11)16-10-28(26-25-16)14-3-4-15-13(8-14)9-27(21(15)31)17-5-6-18(29)24-20(17)30/h3-4,7-8,10,17H,5-6,9H2,1-2H3,(H,24,29,30). The molecule has 1 N–H and O–H groups in total. The number of piperidine rings is 1. The van der Waals surface area contributed by atoms with Crippen molar-refractivity contribution >= 4 is 17.7 Å². The Hall–Kier alpha value is -3.95. The van der Waals surface area contributed by atoms with Gasteiger partial charge in [0.15, 0.2) is 11.5 Å². The monoisotopic (exact) mass is 417 g/mol. The molecule has 0 saturated carbocycles. The van der Waals surface area contributed by atoms with Gasteiger partial charge >= 0.3 is 0 Å². The minimum atomic E-state index is -0.638. The normalized spacial score (nSPS) is 18.3. The van der Waals surface area contributed by atoms with E-state index < -0.39 is 11.9 Å². The molecule has 2 aliphatic heterocycles. The summed E-state index contributed by atoms with van der Waals surface area (Å²) in [7, 11) is 0. The Labute approximate surface area is 177 Å². The largest absolute Gasteiger partial charge is 0.322 e. The van der Waals surface area contributed by atoms with Gasteiger partial charge in [-0.1, -0.05) is 5.21 Å². The number of benzene rings is 1. The number of nitrogens with zero attached hydrogens (tertiary/aromatic N) is 6. The second-order valence-corrected chi connectivity index (χ2v) is 7.76. The van der Waals surface area contributed by atoms with Crippen molar-refractivity contribution in [2.75, 3.05) is 0 Å². The van der Waals surface area contributed by atoms with E-state index in [-0.39, 0.29) is 18.2 Å². The summed E-state index contributed by atoms with van der Waals surface area (Å²) in [4.78, 5) is 46.8. The SMILES string of the molecule is Cc1cc(C)nc(-c2cn(-c3ccc4c(c3)CN(C3CCC(=O)NC3=O)C4=O)nn2)n1. The average molecular weight is 417 g/mol. The zero-order valence-corrected chi connectivity index (χ0v) is 17.0. The van der Waals surface area contributed by atoms with Gasteiger partial charge in [0.2, 0.25) is 11.8 Å². The summed E-state index contributed by atoms with van der Waals surface area (Å²) in [5.74, 6) is -0.433. The molecule has 10 nitrogen and oxygen atoms in total. The number of nitrogens with one attached hydrogen (secondary N) is 1. The van der Waals surface area contributed by atoms with Crippen LogP contribution in [0.4, 0.5) is 0 Å². The number of rotatable bonds is 3. The van der Waals surface area contributed by atoms with E-state index in [9.17, 15) is 14.4 Å². The van der Waals surface area contributed by atoms with Crippen LogP contribution >= 0.6 is 0 Å². The van der Waals surface area contributed by atoms with Crippen molar-refractivity contribution in [3.05, 3.63) is 53.0 Å². The van der Waals surface area contributed by atoms with E-state index in [1.165, 1.54) is 4.90 Å². The van der Waals surface area contributed by atoms with E-state index in [1.807, 2.05) is 26.0 Å². The van der Waals surface area contributed by atoms with Crippen LogP contribution in [0.1, 0.15) is 40.2 Å². The van der Waals surface area contributed by atoms with Crippen molar-refractivity contribution in [3.8, 4) is 17.2 Å². The van der Waals surface area contributed by atoms with E-state index in [0.29, 0.717) is 30.0 Å². The predicted molar refractivity (Wildman–Crippen MR) is 108 cm³/mol. The van der Waals surface area contributed by atoms with Crippen LogP contribution in [0.25, 0.3) is 17.2 Å². The number of amides is 3. The molecule has 31 heavy (non-hydrogen) atoms. The van der Waals surface area contributed by atoms with Gasteiger partial charge in [-0.2, -0.15) is 0 Å². The summed E-state index contributed by atoms with van der Waals surface area (Å²) in [6, 6.07) is 6.62. The van der Waals surface area contributed by atoms with Gasteiger partial charge in [0.05, 0.1) is 11.9 Å². The smallest absolute Gasteiger partial charge is 0.255 e. The highest BCUT2D eigenvalue weighted by Crippen LogP contribution is 2.29. The van der Waals surface area contributed by atoms with Crippen LogP contribution in [0.15, 0.2) is 30.5 Å². The van der Waals surface area contributed by atoms with Gasteiger partial charge in [-0.25, -0.2) is 14.6 Å². The summed E-state index contributed by atoms with van der Waals surface area (Å²) in [5, 5.41) is 10.7. The lowest BCUT2D eigenvalue weighted by atomic mass is 10.0. The van der Waals surface area contributed by atoms with Crippen LogP contribution in [-0.4, -0.2) is 53.6 Å². The van der Waals surface area contributed by atoms with Crippen LogP contribution < -0.4 is 5.32 Å². The summed E-state index contributed by atoms with van der Waals surface area (Å²) in [5.41, 5.74) is 4.33. The zero-order valence-electron chi connectivity index (χ0n) is 17.0. The Kier molecular flexibility index (Phi) is 4.35. The maximum Gasteiger partial charge on any atom is 0.255 e. The van der Waals surface area contributed by atoms with Crippen LogP contribution in [0.3, 0.4) is 0 Å². The fourth-order valence-electron chi connectivity index (χ4n) is 4.04. The Morgan fingerprint density at radius 1 is 1.06 bits per heavy atom. The van der Waals surface area contributed by atoms with E-state index >= 15 is 0 Å². The van der Waals surface area contributed by atoms with Crippen molar-refractivity contribution in [3.63, 3.8) is 0 Å². The van der Waals surface area contributed by atoms with Gasteiger partial charge in [-0.05, 0) is 50.1 Å². The number of carbonyl (C=O) groups is 3. The minimum Gasteiger partial charge on any atom is -0.322 e. The van der Waals surface area contributed by atoms with Gasteiger partial charge in [-0.15, -0.1) is 5.10 Å². The predicted octanol–water partition coefficient (Wildman–Crippen LogP) is 1.10. The number of fused-ring (bicyclic) bond motifs is 1. The highest BCUT2D eigenvalue weighted by Gasteiger charge is 2.39. The van der Waals surface area contributed by atoms with Gasteiger partial charge in [0.1, 0.15) is 6.04 Å². The molecular formula is C21H19N7O3. The fraction of sp³-hybridized carbons (Fsp3) is 0.286. The summed E-state index contributed by atoms with van der Waals surface area (Å²) in [6.07, 6.45) is 2.30. The Morgan fingerprint density at radius 3 is 2.58 bits per heavy atom. The van der Waals surface area contributed by atoms with Crippen molar-refractivity contribution in [1.29, 1.82) is 0 Å². The Balaban J connectivity index is 1.41. The van der Waals surface area contributed by atoms with Crippen LogP contribution in [0, 0.1) is 13.8 Å². The molecule has 3 amide bonds. The number of carbonyl (C=O) groups excluding carboxylic acids is 3. The molecule has 1 fully saturated rings. The maximum absolute atomic E-state index is 12.8. The fourth-order valence-corrected chi connectivity index (χ4v) is 4.04.